The second kappa shape index (κ2) is 8.24. The van der Waals surface area contributed by atoms with Crippen LogP contribution in [0.1, 0.15) is 21.6 Å². The van der Waals surface area contributed by atoms with E-state index in [2.05, 4.69) is 22.1 Å². The lowest BCUT2D eigenvalue weighted by Crippen LogP contribution is -2.31. The van der Waals surface area contributed by atoms with E-state index in [9.17, 15) is 9.59 Å². The van der Waals surface area contributed by atoms with Crippen LogP contribution < -0.4 is 10.1 Å². The number of para-hydroxylation sites is 2. The van der Waals surface area contributed by atoms with Crippen molar-refractivity contribution in [3.05, 3.63) is 65.4 Å². The fourth-order valence-corrected chi connectivity index (χ4v) is 2.83. The minimum absolute atomic E-state index is 0.0864. The molecule has 5 heteroatoms. The molecule has 1 aromatic heterocycles. The van der Waals surface area contributed by atoms with Crippen LogP contribution in [0.3, 0.4) is 0 Å². The zero-order chi connectivity index (χ0) is 19.2. The van der Waals surface area contributed by atoms with Gasteiger partial charge in [-0.3, -0.25) is 9.59 Å². The van der Waals surface area contributed by atoms with Gasteiger partial charge in [0, 0.05) is 16.6 Å². The Morgan fingerprint density at radius 1 is 1.04 bits per heavy atom. The molecule has 0 bridgehead atoms. The van der Waals surface area contributed by atoms with E-state index in [4.69, 9.17) is 4.74 Å². The monoisotopic (exact) mass is 360 g/mol. The minimum atomic E-state index is -0.669. The van der Waals surface area contributed by atoms with E-state index < -0.39 is 11.7 Å². The fourth-order valence-electron chi connectivity index (χ4n) is 2.83. The quantitative estimate of drug-likeness (QED) is 0.417. The highest BCUT2D eigenvalue weighted by Gasteiger charge is 2.21. The molecule has 136 valence electrons. The molecule has 1 heterocycles. The highest BCUT2D eigenvalue weighted by molar-refractivity contribution is 6.45. The third-order valence-corrected chi connectivity index (χ3v) is 4.18. The topological polar surface area (TPSA) is 71.2 Å². The maximum atomic E-state index is 12.5. The number of ketones is 1. The third-order valence-electron chi connectivity index (χ3n) is 4.18. The maximum Gasteiger partial charge on any atom is 0.293 e. The number of H-pyrrole nitrogens is 1. The zero-order valence-corrected chi connectivity index (χ0v) is 15.3. The number of nitrogens with one attached hydrogen (secondary N) is 2. The molecule has 0 fully saturated rings. The van der Waals surface area contributed by atoms with Crippen molar-refractivity contribution in [2.75, 3.05) is 13.2 Å². The van der Waals surface area contributed by atoms with Gasteiger partial charge >= 0.3 is 0 Å². The number of aryl methyl sites for hydroxylation is 2. The van der Waals surface area contributed by atoms with Crippen LogP contribution in [0.4, 0.5) is 0 Å². The van der Waals surface area contributed by atoms with Crippen molar-refractivity contribution in [2.24, 2.45) is 0 Å². The Hall–Kier alpha value is -3.52. The molecule has 0 aliphatic rings. The molecule has 0 aliphatic heterocycles. The number of carbonyl (C=O) groups excluding carboxylic acids is 2. The van der Waals surface area contributed by atoms with Crippen molar-refractivity contribution in [1.29, 1.82) is 0 Å². The van der Waals surface area contributed by atoms with Crippen LogP contribution in [0.25, 0.3) is 10.9 Å². The number of aromatic amines is 1. The summed E-state index contributed by atoms with van der Waals surface area (Å²) in [5.41, 5.74) is 2.94. The minimum Gasteiger partial charge on any atom is -0.481 e. The lowest BCUT2D eigenvalue weighted by molar-refractivity contribution is -0.116. The summed E-state index contributed by atoms with van der Waals surface area (Å²) in [6.45, 7) is 4.05. The molecule has 0 aliphatic carbocycles. The lowest BCUT2D eigenvalue weighted by Gasteiger charge is -2.04. The van der Waals surface area contributed by atoms with Gasteiger partial charge in [-0.2, -0.15) is 0 Å². The molecule has 2 aromatic carbocycles. The number of ether oxygens (including phenoxy) is 1. The summed E-state index contributed by atoms with van der Waals surface area (Å²) in [5, 5.41) is 3.28. The molecule has 0 radical (unpaired) electrons. The molecular weight excluding hydrogens is 340 g/mol. The second-order valence-electron chi connectivity index (χ2n) is 6.09. The number of fused-ring (bicyclic) bond motifs is 1. The van der Waals surface area contributed by atoms with Crippen molar-refractivity contribution in [1.82, 2.24) is 10.3 Å². The maximum absolute atomic E-state index is 12.5. The highest BCUT2D eigenvalue weighted by atomic mass is 16.5. The summed E-state index contributed by atoms with van der Waals surface area (Å²) >= 11 is 0. The van der Waals surface area contributed by atoms with Gasteiger partial charge in [-0.05, 0) is 31.5 Å². The number of rotatable bonds is 5. The van der Waals surface area contributed by atoms with E-state index in [1.807, 2.05) is 55.5 Å². The number of benzene rings is 2. The smallest absolute Gasteiger partial charge is 0.293 e. The Labute approximate surface area is 157 Å². The van der Waals surface area contributed by atoms with Gasteiger partial charge in [-0.1, -0.05) is 48.2 Å². The van der Waals surface area contributed by atoms with Gasteiger partial charge in [-0.25, -0.2) is 0 Å². The van der Waals surface area contributed by atoms with Crippen LogP contribution in [-0.2, 0) is 4.79 Å². The second-order valence-corrected chi connectivity index (χ2v) is 6.09. The van der Waals surface area contributed by atoms with Gasteiger partial charge in [0.2, 0.25) is 0 Å². The Morgan fingerprint density at radius 2 is 1.78 bits per heavy atom. The van der Waals surface area contributed by atoms with Crippen LogP contribution in [0.2, 0.25) is 0 Å². The molecule has 0 atom stereocenters. The highest BCUT2D eigenvalue weighted by Crippen LogP contribution is 2.22. The predicted octanol–water partition coefficient (Wildman–Crippen LogP) is 3.17. The number of hydrogen-bond donors (Lipinski definition) is 2. The van der Waals surface area contributed by atoms with Crippen molar-refractivity contribution in [3.63, 3.8) is 0 Å². The van der Waals surface area contributed by atoms with Crippen LogP contribution >= 0.6 is 0 Å². The predicted molar refractivity (Wildman–Crippen MR) is 105 cm³/mol. The van der Waals surface area contributed by atoms with Crippen molar-refractivity contribution < 1.29 is 14.3 Å². The number of Topliss-reactive ketones (excluding diaryl/α,β-unsaturated/α-hetero) is 1. The molecular formula is C22H20N2O3. The van der Waals surface area contributed by atoms with E-state index in [0.717, 1.165) is 22.2 Å². The number of amides is 1. The van der Waals surface area contributed by atoms with E-state index in [1.54, 1.807) is 6.92 Å². The number of aromatic nitrogens is 1. The first kappa shape index (κ1) is 18.3. The van der Waals surface area contributed by atoms with Crippen molar-refractivity contribution in [3.8, 4) is 17.6 Å². The van der Waals surface area contributed by atoms with Crippen molar-refractivity contribution >= 4 is 22.6 Å². The molecule has 2 N–H and O–H groups in total. The largest absolute Gasteiger partial charge is 0.481 e. The summed E-state index contributed by atoms with van der Waals surface area (Å²) in [7, 11) is 0. The Morgan fingerprint density at radius 3 is 2.59 bits per heavy atom. The molecule has 0 unspecified atom stereocenters. The number of carbonyl (C=O) groups is 2. The molecule has 3 rings (SSSR count). The summed E-state index contributed by atoms with van der Waals surface area (Å²) in [6, 6.07) is 15.1. The molecule has 0 spiro atoms. The first-order chi connectivity index (χ1) is 13.1. The molecule has 1 amide bonds. The van der Waals surface area contributed by atoms with Crippen LogP contribution in [0.5, 0.6) is 5.75 Å². The zero-order valence-electron chi connectivity index (χ0n) is 15.3. The first-order valence-corrected chi connectivity index (χ1v) is 8.62. The molecule has 27 heavy (non-hydrogen) atoms. The fraction of sp³-hybridized carbons (Fsp3) is 0.182. The standard InChI is InChI=1S/C22H20N2O3/c1-15-9-3-6-12-19(15)27-14-8-7-13-23-22(26)21(25)20-16(2)24-18-11-5-4-10-17(18)20/h3-6,9-12,24H,13-14H2,1-2H3,(H,23,26). The summed E-state index contributed by atoms with van der Waals surface area (Å²) < 4.78 is 5.56. The Balaban J connectivity index is 1.54. The molecule has 0 saturated heterocycles. The average molecular weight is 360 g/mol. The van der Waals surface area contributed by atoms with E-state index in [1.165, 1.54) is 0 Å². The van der Waals surface area contributed by atoms with Gasteiger partial charge in [-0.15, -0.1) is 0 Å². The third kappa shape index (κ3) is 4.18. The normalized spacial score (nSPS) is 10.1. The van der Waals surface area contributed by atoms with Crippen LogP contribution in [-0.4, -0.2) is 29.8 Å². The number of hydrogen-bond acceptors (Lipinski definition) is 3. The van der Waals surface area contributed by atoms with Gasteiger partial charge in [0.25, 0.3) is 11.7 Å². The van der Waals surface area contributed by atoms with Crippen LogP contribution in [0, 0.1) is 25.7 Å². The van der Waals surface area contributed by atoms with Gasteiger partial charge < -0.3 is 15.0 Å². The average Bonchev–Trinajstić information content (AvgIpc) is 3.00. The van der Waals surface area contributed by atoms with Gasteiger partial charge in [0.1, 0.15) is 12.4 Å². The van der Waals surface area contributed by atoms with Crippen LogP contribution in [0.15, 0.2) is 48.5 Å². The molecule has 0 saturated carbocycles. The first-order valence-electron chi connectivity index (χ1n) is 8.62. The Kier molecular flexibility index (Phi) is 5.58. The lowest BCUT2D eigenvalue weighted by atomic mass is 10.1. The van der Waals surface area contributed by atoms with Crippen molar-refractivity contribution in [2.45, 2.75) is 13.8 Å². The van der Waals surface area contributed by atoms with E-state index in [-0.39, 0.29) is 13.2 Å². The van der Waals surface area contributed by atoms with Gasteiger partial charge in [0.15, 0.2) is 0 Å². The summed E-state index contributed by atoms with van der Waals surface area (Å²) in [5.74, 6) is 5.16. The summed E-state index contributed by atoms with van der Waals surface area (Å²) in [6.07, 6.45) is 0. The molecule has 3 aromatic rings. The Bertz CT molecular complexity index is 1050. The molecule has 5 nitrogen and oxygen atoms in total. The SMILES string of the molecule is Cc1ccccc1OCC#CCNC(=O)C(=O)c1c(C)[nH]c2ccccc12. The summed E-state index contributed by atoms with van der Waals surface area (Å²) in [4.78, 5) is 27.8. The van der Waals surface area contributed by atoms with E-state index >= 15 is 0 Å². The van der Waals surface area contributed by atoms with E-state index in [0.29, 0.717) is 11.3 Å². The van der Waals surface area contributed by atoms with Gasteiger partial charge in [0.05, 0.1) is 12.1 Å².